The summed E-state index contributed by atoms with van der Waals surface area (Å²) in [7, 11) is 0. The van der Waals surface area contributed by atoms with E-state index in [4.69, 9.17) is 0 Å². The zero-order chi connectivity index (χ0) is 13.1. The maximum Gasteiger partial charge on any atom is 0.223 e. The molecule has 0 bridgehead atoms. The van der Waals surface area contributed by atoms with Crippen molar-refractivity contribution in [2.45, 2.75) is 46.6 Å². The minimum Gasteiger partial charge on any atom is -0.392 e. The van der Waals surface area contributed by atoms with Gasteiger partial charge in [0.2, 0.25) is 5.91 Å². The minimum absolute atomic E-state index is 0.0991. The molecule has 0 saturated heterocycles. The van der Waals surface area contributed by atoms with E-state index in [9.17, 15) is 9.90 Å². The highest BCUT2D eigenvalue weighted by molar-refractivity contribution is 5.79. The molecule has 0 heterocycles. The Morgan fingerprint density at radius 3 is 2.41 bits per heavy atom. The predicted molar refractivity (Wildman–Crippen MR) is 69.5 cm³/mol. The monoisotopic (exact) mass is 239 g/mol. The van der Waals surface area contributed by atoms with Gasteiger partial charge in [0, 0.05) is 17.9 Å². The number of aliphatic hydroxyl groups excluding tert-OH is 1. The van der Waals surface area contributed by atoms with Gasteiger partial charge in [-0.1, -0.05) is 39.8 Å². The molecule has 1 unspecified atom stereocenters. The normalized spacial score (nSPS) is 18.7. The largest absolute Gasteiger partial charge is 0.392 e. The van der Waals surface area contributed by atoms with Crippen molar-refractivity contribution in [2.75, 3.05) is 6.54 Å². The molecule has 0 fully saturated rings. The van der Waals surface area contributed by atoms with Crippen LogP contribution >= 0.6 is 0 Å². The third-order valence-corrected chi connectivity index (χ3v) is 3.53. The predicted octanol–water partition coefficient (Wildman–Crippen LogP) is 2.11. The molecule has 1 rings (SSSR count). The number of allylic oxidation sites excluding steroid dienone is 2. The van der Waals surface area contributed by atoms with E-state index in [1.807, 2.05) is 27.7 Å². The van der Waals surface area contributed by atoms with Gasteiger partial charge >= 0.3 is 0 Å². The molecule has 0 aromatic heterocycles. The molecule has 0 aliphatic heterocycles. The van der Waals surface area contributed by atoms with Crippen molar-refractivity contribution in [1.29, 1.82) is 0 Å². The molecule has 0 spiro atoms. The summed E-state index contributed by atoms with van der Waals surface area (Å²) in [5.74, 6) is 0.413. The number of carbonyl (C=O) groups excluding carboxylic acids is 1. The van der Waals surface area contributed by atoms with E-state index >= 15 is 0 Å². The second kappa shape index (κ2) is 5.67. The SMILES string of the molecule is CC(C)C(O)C(C)(C)CNC(=O)C1CC=CC1. The van der Waals surface area contributed by atoms with Crippen LogP contribution in [0.2, 0.25) is 0 Å². The molecule has 3 nitrogen and oxygen atoms in total. The van der Waals surface area contributed by atoms with E-state index in [1.165, 1.54) is 0 Å². The van der Waals surface area contributed by atoms with E-state index in [0.717, 1.165) is 12.8 Å². The van der Waals surface area contributed by atoms with Crippen LogP contribution < -0.4 is 5.32 Å². The molecular weight excluding hydrogens is 214 g/mol. The van der Waals surface area contributed by atoms with Crippen molar-refractivity contribution in [1.82, 2.24) is 5.32 Å². The molecule has 0 saturated carbocycles. The van der Waals surface area contributed by atoms with E-state index < -0.39 is 6.10 Å². The van der Waals surface area contributed by atoms with E-state index in [1.54, 1.807) is 0 Å². The lowest BCUT2D eigenvalue weighted by Crippen LogP contribution is -2.44. The van der Waals surface area contributed by atoms with Crippen LogP contribution in [0.5, 0.6) is 0 Å². The average Bonchev–Trinajstić information content (AvgIpc) is 2.78. The number of hydrogen-bond donors (Lipinski definition) is 2. The Bertz CT molecular complexity index is 287. The van der Waals surface area contributed by atoms with Crippen LogP contribution in [-0.4, -0.2) is 23.7 Å². The van der Waals surface area contributed by atoms with Gasteiger partial charge < -0.3 is 10.4 Å². The maximum atomic E-state index is 11.9. The van der Waals surface area contributed by atoms with Gasteiger partial charge in [0.1, 0.15) is 0 Å². The van der Waals surface area contributed by atoms with Crippen LogP contribution in [0.25, 0.3) is 0 Å². The summed E-state index contributed by atoms with van der Waals surface area (Å²) < 4.78 is 0. The van der Waals surface area contributed by atoms with E-state index in [-0.39, 0.29) is 23.2 Å². The number of aliphatic hydroxyl groups is 1. The minimum atomic E-state index is -0.399. The standard InChI is InChI=1S/C14H25NO2/c1-10(2)12(16)14(3,4)9-15-13(17)11-7-5-6-8-11/h5-6,10-12,16H,7-9H2,1-4H3,(H,15,17). The van der Waals surface area contributed by atoms with Crippen molar-refractivity contribution in [3.8, 4) is 0 Å². The average molecular weight is 239 g/mol. The van der Waals surface area contributed by atoms with Gasteiger partial charge in [-0.3, -0.25) is 4.79 Å². The highest BCUT2D eigenvalue weighted by Crippen LogP contribution is 2.25. The Balaban J connectivity index is 2.41. The van der Waals surface area contributed by atoms with Gasteiger partial charge in [-0.2, -0.15) is 0 Å². The first-order valence-corrected chi connectivity index (χ1v) is 6.45. The smallest absolute Gasteiger partial charge is 0.223 e. The summed E-state index contributed by atoms with van der Waals surface area (Å²) in [6, 6.07) is 0. The quantitative estimate of drug-likeness (QED) is 0.722. The van der Waals surface area contributed by atoms with Gasteiger partial charge in [-0.15, -0.1) is 0 Å². The lowest BCUT2D eigenvalue weighted by molar-refractivity contribution is -0.125. The van der Waals surface area contributed by atoms with Crippen molar-refractivity contribution in [3.63, 3.8) is 0 Å². The molecule has 0 aromatic rings. The van der Waals surface area contributed by atoms with Crippen LogP contribution in [0.4, 0.5) is 0 Å². The van der Waals surface area contributed by atoms with Crippen molar-refractivity contribution in [2.24, 2.45) is 17.3 Å². The molecular formula is C14H25NO2. The summed E-state index contributed by atoms with van der Waals surface area (Å²) in [6.45, 7) is 8.50. The number of carbonyl (C=O) groups is 1. The first kappa shape index (κ1) is 14.2. The zero-order valence-corrected chi connectivity index (χ0v) is 11.4. The summed E-state index contributed by atoms with van der Waals surface area (Å²) in [6.07, 6.45) is 5.40. The second-order valence-electron chi connectivity index (χ2n) is 6.03. The molecule has 0 aromatic carbocycles. The number of nitrogens with one attached hydrogen (secondary N) is 1. The van der Waals surface area contributed by atoms with Crippen LogP contribution in [0.1, 0.15) is 40.5 Å². The molecule has 2 N–H and O–H groups in total. The highest BCUT2D eigenvalue weighted by atomic mass is 16.3. The molecule has 1 atom stereocenters. The van der Waals surface area contributed by atoms with Crippen LogP contribution in [0.3, 0.4) is 0 Å². The third kappa shape index (κ3) is 3.84. The Labute approximate surface area is 104 Å². The summed E-state index contributed by atoms with van der Waals surface area (Å²) in [5, 5.41) is 13.0. The van der Waals surface area contributed by atoms with E-state index in [2.05, 4.69) is 17.5 Å². The second-order valence-corrected chi connectivity index (χ2v) is 6.03. The topological polar surface area (TPSA) is 49.3 Å². The highest BCUT2D eigenvalue weighted by Gasteiger charge is 2.31. The first-order chi connectivity index (χ1) is 7.84. The molecule has 1 aliphatic rings. The van der Waals surface area contributed by atoms with Gasteiger partial charge in [0.25, 0.3) is 0 Å². The molecule has 17 heavy (non-hydrogen) atoms. The molecule has 3 heteroatoms. The Morgan fingerprint density at radius 2 is 1.94 bits per heavy atom. The lowest BCUT2D eigenvalue weighted by Gasteiger charge is -2.33. The van der Waals surface area contributed by atoms with Gasteiger partial charge in [-0.25, -0.2) is 0 Å². The summed E-state index contributed by atoms with van der Waals surface area (Å²) >= 11 is 0. The van der Waals surface area contributed by atoms with Gasteiger partial charge in [-0.05, 0) is 18.8 Å². The van der Waals surface area contributed by atoms with Crippen molar-refractivity contribution in [3.05, 3.63) is 12.2 Å². The van der Waals surface area contributed by atoms with Crippen LogP contribution in [-0.2, 0) is 4.79 Å². The maximum absolute atomic E-state index is 11.9. The van der Waals surface area contributed by atoms with E-state index in [0.29, 0.717) is 6.54 Å². The fraction of sp³-hybridized carbons (Fsp3) is 0.786. The van der Waals surface area contributed by atoms with Gasteiger partial charge in [0.05, 0.1) is 6.10 Å². The fourth-order valence-electron chi connectivity index (χ4n) is 2.30. The lowest BCUT2D eigenvalue weighted by atomic mass is 9.80. The number of amides is 1. The summed E-state index contributed by atoms with van der Waals surface area (Å²) in [5.41, 5.74) is -0.282. The Morgan fingerprint density at radius 1 is 1.41 bits per heavy atom. The number of hydrogen-bond acceptors (Lipinski definition) is 2. The van der Waals surface area contributed by atoms with Gasteiger partial charge in [0.15, 0.2) is 0 Å². The number of rotatable bonds is 5. The third-order valence-electron chi connectivity index (χ3n) is 3.53. The first-order valence-electron chi connectivity index (χ1n) is 6.45. The fourth-order valence-corrected chi connectivity index (χ4v) is 2.30. The van der Waals surface area contributed by atoms with Crippen molar-refractivity contribution < 1.29 is 9.90 Å². The van der Waals surface area contributed by atoms with Crippen LogP contribution in [0, 0.1) is 17.3 Å². The van der Waals surface area contributed by atoms with Crippen LogP contribution in [0.15, 0.2) is 12.2 Å². The summed E-state index contributed by atoms with van der Waals surface area (Å²) in [4.78, 5) is 11.9. The Hall–Kier alpha value is -0.830. The molecule has 98 valence electrons. The Kier molecular flexibility index (Phi) is 4.75. The zero-order valence-electron chi connectivity index (χ0n) is 11.4. The molecule has 1 aliphatic carbocycles. The molecule has 1 amide bonds. The molecule has 0 radical (unpaired) electrons. The van der Waals surface area contributed by atoms with Crippen molar-refractivity contribution >= 4 is 5.91 Å².